The molecule has 3 nitrogen and oxygen atoms in total. The second kappa shape index (κ2) is 7.70. The van der Waals surface area contributed by atoms with Crippen LogP contribution in [0.5, 0.6) is 17.2 Å². The Morgan fingerprint density at radius 3 is 1.90 bits per heavy atom. The molecular formula is C18H23NO2. The normalized spacial score (nSPS) is 12.0. The molecule has 0 saturated heterocycles. The molecule has 0 fully saturated rings. The van der Waals surface area contributed by atoms with Gasteiger partial charge in [0.05, 0.1) is 6.61 Å². The van der Waals surface area contributed by atoms with Gasteiger partial charge in [-0.3, -0.25) is 0 Å². The van der Waals surface area contributed by atoms with Crippen molar-refractivity contribution in [2.45, 2.75) is 32.7 Å². The molecule has 2 rings (SSSR count). The lowest BCUT2D eigenvalue weighted by molar-refractivity contribution is 0.339. The van der Waals surface area contributed by atoms with Gasteiger partial charge in [-0.1, -0.05) is 19.1 Å². The van der Waals surface area contributed by atoms with E-state index < -0.39 is 0 Å². The van der Waals surface area contributed by atoms with Crippen LogP contribution in [0.25, 0.3) is 0 Å². The van der Waals surface area contributed by atoms with Crippen molar-refractivity contribution in [1.82, 2.24) is 0 Å². The molecule has 0 aliphatic carbocycles. The van der Waals surface area contributed by atoms with Crippen molar-refractivity contribution in [3.8, 4) is 17.2 Å². The minimum absolute atomic E-state index is 0.225. The Labute approximate surface area is 126 Å². The van der Waals surface area contributed by atoms with Gasteiger partial charge < -0.3 is 15.2 Å². The van der Waals surface area contributed by atoms with Gasteiger partial charge in [0.2, 0.25) is 0 Å². The molecule has 2 N–H and O–H groups in total. The number of ether oxygens (including phenoxy) is 2. The summed E-state index contributed by atoms with van der Waals surface area (Å²) in [5, 5.41) is 0. The molecule has 0 aromatic heterocycles. The highest BCUT2D eigenvalue weighted by molar-refractivity contribution is 5.36. The molecule has 21 heavy (non-hydrogen) atoms. The number of hydrogen-bond donors (Lipinski definition) is 1. The Morgan fingerprint density at radius 1 is 0.857 bits per heavy atom. The van der Waals surface area contributed by atoms with Gasteiger partial charge in [0.25, 0.3) is 0 Å². The molecule has 1 atom stereocenters. The van der Waals surface area contributed by atoms with Crippen LogP contribution in [-0.2, 0) is 6.42 Å². The summed E-state index contributed by atoms with van der Waals surface area (Å²) in [6.07, 6.45) is 1.89. The zero-order valence-corrected chi connectivity index (χ0v) is 12.7. The van der Waals surface area contributed by atoms with Gasteiger partial charge in [-0.15, -0.1) is 0 Å². The first-order valence-electron chi connectivity index (χ1n) is 7.46. The van der Waals surface area contributed by atoms with Gasteiger partial charge in [0.1, 0.15) is 17.2 Å². The quantitative estimate of drug-likeness (QED) is 0.831. The Kier molecular flexibility index (Phi) is 5.64. The second-order valence-corrected chi connectivity index (χ2v) is 5.02. The van der Waals surface area contributed by atoms with Gasteiger partial charge in [-0.25, -0.2) is 0 Å². The number of nitrogens with two attached hydrogens (primary N) is 1. The maximum atomic E-state index is 5.96. The van der Waals surface area contributed by atoms with Crippen LogP contribution in [0, 0.1) is 0 Å². The van der Waals surface area contributed by atoms with E-state index in [1.165, 1.54) is 5.56 Å². The van der Waals surface area contributed by atoms with E-state index in [4.69, 9.17) is 15.2 Å². The third-order valence-corrected chi connectivity index (χ3v) is 3.32. The lowest BCUT2D eigenvalue weighted by Crippen LogP contribution is -2.21. The number of rotatable bonds is 7. The summed E-state index contributed by atoms with van der Waals surface area (Å²) < 4.78 is 11.2. The lowest BCUT2D eigenvalue weighted by Gasteiger charge is -2.10. The van der Waals surface area contributed by atoms with Crippen LogP contribution < -0.4 is 15.2 Å². The molecule has 0 aliphatic heterocycles. The Balaban J connectivity index is 1.96. The Morgan fingerprint density at radius 2 is 1.38 bits per heavy atom. The average Bonchev–Trinajstić information content (AvgIpc) is 2.51. The highest BCUT2D eigenvalue weighted by Crippen LogP contribution is 2.24. The molecule has 0 heterocycles. The maximum absolute atomic E-state index is 5.96. The third kappa shape index (κ3) is 4.80. The molecule has 0 saturated carbocycles. The number of benzene rings is 2. The first kappa shape index (κ1) is 15.4. The number of hydrogen-bond acceptors (Lipinski definition) is 3. The Bertz CT molecular complexity index is 534. The zero-order chi connectivity index (χ0) is 15.1. The van der Waals surface area contributed by atoms with E-state index in [1.54, 1.807) is 0 Å². The first-order chi connectivity index (χ1) is 10.2. The summed E-state index contributed by atoms with van der Waals surface area (Å²) in [5.74, 6) is 2.48. The SMILES string of the molecule is CCOc1ccc(Oc2ccc(CC(N)CC)cc2)cc1. The van der Waals surface area contributed by atoms with Gasteiger partial charge in [0, 0.05) is 6.04 Å². The summed E-state index contributed by atoms with van der Waals surface area (Å²) in [4.78, 5) is 0. The molecule has 112 valence electrons. The largest absolute Gasteiger partial charge is 0.494 e. The highest BCUT2D eigenvalue weighted by Gasteiger charge is 2.03. The van der Waals surface area contributed by atoms with Crippen LogP contribution in [0.3, 0.4) is 0 Å². The zero-order valence-electron chi connectivity index (χ0n) is 12.7. The Hall–Kier alpha value is -2.00. The van der Waals surface area contributed by atoms with Crippen LogP contribution >= 0.6 is 0 Å². The molecular weight excluding hydrogens is 262 g/mol. The molecule has 0 spiro atoms. The first-order valence-corrected chi connectivity index (χ1v) is 7.46. The smallest absolute Gasteiger partial charge is 0.127 e. The van der Waals surface area contributed by atoms with E-state index in [9.17, 15) is 0 Å². The highest BCUT2D eigenvalue weighted by atomic mass is 16.5. The summed E-state index contributed by atoms with van der Waals surface area (Å²) in [5.41, 5.74) is 7.20. The van der Waals surface area contributed by atoms with E-state index in [2.05, 4.69) is 19.1 Å². The standard InChI is InChI=1S/C18H23NO2/c1-3-15(19)13-14-5-7-17(8-6-14)21-18-11-9-16(10-12-18)20-4-2/h5-12,15H,3-4,13,19H2,1-2H3. The maximum Gasteiger partial charge on any atom is 0.127 e. The monoisotopic (exact) mass is 285 g/mol. The summed E-state index contributed by atoms with van der Waals surface area (Å²) >= 11 is 0. The summed E-state index contributed by atoms with van der Waals surface area (Å²) in [6, 6.07) is 16.0. The lowest BCUT2D eigenvalue weighted by atomic mass is 10.0. The molecule has 0 bridgehead atoms. The molecule has 0 amide bonds. The van der Waals surface area contributed by atoms with Crippen molar-refractivity contribution in [3.05, 3.63) is 54.1 Å². The summed E-state index contributed by atoms with van der Waals surface area (Å²) in [7, 11) is 0. The van der Waals surface area contributed by atoms with E-state index in [1.807, 2.05) is 43.3 Å². The second-order valence-electron chi connectivity index (χ2n) is 5.02. The topological polar surface area (TPSA) is 44.5 Å². The van der Waals surface area contributed by atoms with E-state index in [0.29, 0.717) is 6.61 Å². The van der Waals surface area contributed by atoms with Crippen LogP contribution in [-0.4, -0.2) is 12.6 Å². The molecule has 3 heteroatoms. The van der Waals surface area contributed by atoms with E-state index in [-0.39, 0.29) is 6.04 Å². The third-order valence-electron chi connectivity index (χ3n) is 3.32. The van der Waals surface area contributed by atoms with Crippen molar-refractivity contribution in [1.29, 1.82) is 0 Å². The minimum Gasteiger partial charge on any atom is -0.494 e. The predicted octanol–water partition coefficient (Wildman–Crippen LogP) is 4.16. The van der Waals surface area contributed by atoms with Crippen molar-refractivity contribution in [2.24, 2.45) is 5.73 Å². The molecule has 1 unspecified atom stereocenters. The van der Waals surface area contributed by atoms with Crippen LogP contribution in [0.2, 0.25) is 0 Å². The fourth-order valence-electron chi connectivity index (χ4n) is 2.05. The van der Waals surface area contributed by atoms with Crippen LogP contribution in [0.1, 0.15) is 25.8 Å². The van der Waals surface area contributed by atoms with Crippen molar-refractivity contribution < 1.29 is 9.47 Å². The predicted molar refractivity (Wildman–Crippen MR) is 86.1 cm³/mol. The molecule has 2 aromatic rings. The molecule has 0 radical (unpaired) electrons. The van der Waals surface area contributed by atoms with Gasteiger partial charge in [-0.2, -0.15) is 0 Å². The average molecular weight is 285 g/mol. The molecule has 2 aromatic carbocycles. The fraction of sp³-hybridized carbons (Fsp3) is 0.333. The van der Waals surface area contributed by atoms with E-state index >= 15 is 0 Å². The van der Waals surface area contributed by atoms with E-state index in [0.717, 1.165) is 30.1 Å². The minimum atomic E-state index is 0.225. The van der Waals surface area contributed by atoms with Crippen LogP contribution in [0.4, 0.5) is 0 Å². The van der Waals surface area contributed by atoms with Crippen LogP contribution in [0.15, 0.2) is 48.5 Å². The fourth-order valence-corrected chi connectivity index (χ4v) is 2.05. The van der Waals surface area contributed by atoms with Gasteiger partial charge >= 0.3 is 0 Å². The molecule has 0 aliphatic rings. The van der Waals surface area contributed by atoms with Gasteiger partial charge in [0.15, 0.2) is 0 Å². The van der Waals surface area contributed by atoms with Crippen molar-refractivity contribution >= 4 is 0 Å². The summed E-state index contributed by atoms with van der Waals surface area (Å²) in [6.45, 7) is 4.74. The van der Waals surface area contributed by atoms with Crippen molar-refractivity contribution in [3.63, 3.8) is 0 Å². The van der Waals surface area contributed by atoms with Gasteiger partial charge in [-0.05, 0) is 61.7 Å². The van der Waals surface area contributed by atoms with Crippen molar-refractivity contribution in [2.75, 3.05) is 6.61 Å².